The van der Waals surface area contributed by atoms with Crippen LogP contribution < -0.4 is 10.6 Å². The largest absolute Gasteiger partial charge is 0.352 e. The van der Waals surface area contributed by atoms with Crippen molar-refractivity contribution in [1.29, 1.82) is 0 Å². The number of aryl methyl sites for hydroxylation is 1. The summed E-state index contributed by atoms with van der Waals surface area (Å²) in [5, 5.41) is 5.65. The van der Waals surface area contributed by atoms with Crippen molar-refractivity contribution in [3.05, 3.63) is 83.7 Å². The highest BCUT2D eigenvalue weighted by Crippen LogP contribution is 2.22. The molecule has 0 aliphatic rings. The Morgan fingerprint density at radius 1 is 1.04 bits per heavy atom. The SMILES string of the molecule is CCc1ccccc1NC(=O)c1cncc(Nc2ccc(F)cc2F)c1. The molecule has 0 aliphatic heterocycles. The maximum absolute atomic E-state index is 13.8. The number of para-hydroxylation sites is 1. The number of halogens is 2. The molecule has 0 bridgehead atoms. The molecule has 0 spiro atoms. The summed E-state index contributed by atoms with van der Waals surface area (Å²) in [6.07, 6.45) is 3.68. The van der Waals surface area contributed by atoms with Gasteiger partial charge in [0, 0.05) is 18.0 Å². The Hall–Kier alpha value is -3.28. The number of pyridine rings is 1. The first-order chi connectivity index (χ1) is 12.6. The van der Waals surface area contributed by atoms with E-state index >= 15 is 0 Å². The Labute approximate surface area is 149 Å². The quantitative estimate of drug-likeness (QED) is 0.685. The molecule has 0 atom stereocenters. The van der Waals surface area contributed by atoms with Gasteiger partial charge in [0.2, 0.25) is 0 Å². The summed E-state index contributed by atoms with van der Waals surface area (Å²) >= 11 is 0. The van der Waals surface area contributed by atoms with Gasteiger partial charge in [0.1, 0.15) is 11.6 Å². The summed E-state index contributed by atoms with van der Waals surface area (Å²) in [4.78, 5) is 16.5. The molecule has 2 aromatic carbocycles. The van der Waals surface area contributed by atoms with Crippen LogP contribution >= 0.6 is 0 Å². The van der Waals surface area contributed by atoms with Crippen LogP contribution in [0.4, 0.5) is 25.8 Å². The molecule has 4 nitrogen and oxygen atoms in total. The van der Waals surface area contributed by atoms with E-state index < -0.39 is 11.6 Å². The molecule has 26 heavy (non-hydrogen) atoms. The molecular weight excluding hydrogens is 336 g/mol. The van der Waals surface area contributed by atoms with Crippen molar-refractivity contribution >= 4 is 23.0 Å². The van der Waals surface area contributed by atoms with Gasteiger partial charge in [-0.1, -0.05) is 25.1 Å². The maximum atomic E-state index is 13.8. The smallest absolute Gasteiger partial charge is 0.257 e. The third kappa shape index (κ3) is 4.03. The van der Waals surface area contributed by atoms with Crippen LogP contribution in [0.1, 0.15) is 22.8 Å². The molecule has 1 heterocycles. The highest BCUT2D eigenvalue weighted by Gasteiger charge is 2.11. The van der Waals surface area contributed by atoms with E-state index in [4.69, 9.17) is 0 Å². The standard InChI is InChI=1S/C20H17F2N3O/c1-2-13-5-3-4-6-18(13)25-20(26)14-9-16(12-23-11-14)24-19-8-7-15(21)10-17(19)22/h3-12,24H,2H2,1H3,(H,25,26). The second-order valence-electron chi connectivity index (χ2n) is 5.68. The third-order valence-electron chi connectivity index (χ3n) is 3.86. The number of benzene rings is 2. The zero-order valence-electron chi connectivity index (χ0n) is 14.1. The first kappa shape index (κ1) is 17.5. The van der Waals surface area contributed by atoms with Crippen molar-refractivity contribution in [3.8, 4) is 0 Å². The normalized spacial score (nSPS) is 10.4. The first-order valence-electron chi connectivity index (χ1n) is 8.13. The molecule has 0 fully saturated rings. The van der Waals surface area contributed by atoms with E-state index in [9.17, 15) is 13.6 Å². The Bertz CT molecular complexity index is 944. The van der Waals surface area contributed by atoms with Gasteiger partial charge < -0.3 is 10.6 Å². The van der Waals surface area contributed by atoms with Crippen LogP contribution in [0.25, 0.3) is 0 Å². The minimum atomic E-state index is -0.725. The number of anilines is 3. The highest BCUT2D eigenvalue weighted by atomic mass is 19.1. The average molecular weight is 353 g/mol. The van der Waals surface area contributed by atoms with Crippen LogP contribution in [0.3, 0.4) is 0 Å². The fourth-order valence-corrected chi connectivity index (χ4v) is 2.52. The number of rotatable bonds is 5. The molecule has 2 N–H and O–H groups in total. The first-order valence-corrected chi connectivity index (χ1v) is 8.13. The number of amides is 1. The molecule has 0 radical (unpaired) electrons. The van der Waals surface area contributed by atoms with E-state index in [1.165, 1.54) is 18.5 Å². The van der Waals surface area contributed by atoms with E-state index in [1.54, 1.807) is 6.07 Å². The van der Waals surface area contributed by atoms with E-state index in [0.717, 1.165) is 29.8 Å². The monoisotopic (exact) mass is 353 g/mol. The molecule has 3 rings (SSSR count). The number of hydrogen-bond acceptors (Lipinski definition) is 3. The summed E-state index contributed by atoms with van der Waals surface area (Å²) in [7, 11) is 0. The average Bonchev–Trinajstić information content (AvgIpc) is 2.65. The number of carbonyl (C=O) groups is 1. The third-order valence-corrected chi connectivity index (χ3v) is 3.86. The summed E-state index contributed by atoms with van der Waals surface area (Å²) in [6, 6.07) is 12.3. The Balaban J connectivity index is 1.79. The molecule has 0 unspecified atom stereocenters. The fourth-order valence-electron chi connectivity index (χ4n) is 2.52. The van der Waals surface area contributed by atoms with Gasteiger partial charge in [0.15, 0.2) is 0 Å². The van der Waals surface area contributed by atoms with Gasteiger partial charge in [-0.3, -0.25) is 9.78 Å². The minimum absolute atomic E-state index is 0.0992. The van der Waals surface area contributed by atoms with Crippen molar-refractivity contribution in [2.45, 2.75) is 13.3 Å². The molecule has 0 saturated heterocycles. The van der Waals surface area contributed by atoms with Crippen LogP contribution in [0.2, 0.25) is 0 Å². The lowest BCUT2D eigenvalue weighted by atomic mass is 10.1. The van der Waals surface area contributed by atoms with Crippen molar-refractivity contribution in [2.24, 2.45) is 0 Å². The summed E-state index contributed by atoms with van der Waals surface area (Å²) in [5.74, 6) is -1.70. The number of carbonyl (C=O) groups excluding carboxylic acids is 1. The van der Waals surface area contributed by atoms with E-state index in [1.807, 2.05) is 31.2 Å². The molecule has 1 amide bonds. The van der Waals surface area contributed by atoms with Crippen molar-refractivity contribution in [2.75, 3.05) is 10.6 Å². The molecule has 0 saturated carbocycles. The number of nitrogens with one attached hydrogen (secondary N) is 2. The maximum Gasteiger partial charge on any atom is 0.257 e. The topological polar surface area (TPSA) is 54.0 Å². The van der Waals surface area contributed by atoms with E-state index in [0.29, 0.717) is 11.3 Å². The van der Waals surface area contributed by atoms with Gasteiger partial charge in [-0.25, -0.2) is 8.78 Å². The van der Waals surface area contributed by atoms with Gasteiger partial charge in [-0.15, -0.1) is 0 Å². The molecule has 132 valence electrons. The second kappa shape index (κ2) is 7.74. The van der Waals surface area contributed by atoms with Crippen LogP contribution in [-0.4, -0.2) is 10.9 Å². The van der Waals surface area contributed by atoms with Crippen molar-refractivity contribution in [1.82, 2.24) is 4.98 Å². The highest BCUT2D eigenvalue weighted by molar-refractivity contribution is 6.05. The predicted octanol–water partition coefficient (Wildman–Crippen LogP) is 4.92. The van der Waals surface area contributed by atoms with Crippen LogP contribution in [0.5, 0.6) is 0 Å². The van der Waals surface area contributed by atoms with Crippen LogP contribution in [-0.2, 0) is 6.42 Å². The zero-order valence-corrected chi connectivity index (χ0v) is 14.1. The molecule has 6 heteroatoms. The summed E-state index contributed by atoms with van der Waals surface area (Å²) in [6.45, 7) is 2.01. The Morgan fingerprint density at radius 2 is 1.85 bits per heavy atom. The lowest BCUT2D eigenvalue weighted by molar-refractivity contribution is 0.102. The Kier molecular flexibility index (Phi) is 5.22. The number of nitrogens with zero attached hydrogens (tertiary/aromatic N) is 1. The van der Waals surface area contributed by atoms with E-state index in [2.05, 4.69) is 15.6 Å². The van der Waals surface area contributed by atoms with Gasteiger partial charge in [0.05, 0.1) is 23.1 Å². The summed E-state index contributed by atoms with van der Waals surface area (Å²) in [5.41, 5.74) is 2.61. The van der Waals surface area contributed by atoms with Gasteiger partial charge in [-0.05, 0) is 36.2 Å². The van der Waals surface area contributed by atoms with Gasteiger partial charge in [0.25, 0.3) is 5.91 Å². The van der Waals surface area contributed by atoms with Gasteiger partial charge >= 0.3 is 0 Å². The van der Waals surface area contributed by atoms with Crippen LogP contribution in [0, 0.1) is 11.6 Å². The lowest BCUT2D eigenvalue weighted by Crippen LogP contribution is -2.13. The fraction of sp³-hybridized carbons (Fsp3) is 0.100. The van der Waals surface area contributed by atoms with Crippen molar-refractivity contribution < 1.29 is 13.6 Å². The number of hydrogen-bond donors (Lipinski definition) is 2. The zero-order chi connectivity index (χ0) is 18.5. The van der Waals surface area contributed by atoms with Gasteiger partial charge in [-0.2, -0.15) is 0 Å². The molecule has 0 aliphatic carbocycles. The molecule has 3 aromatic rings. The number of aromatic nitrogens is 1. The molecular formula is C20H17F2N3O. The van der Waals surface area contributed by atoms with Crippen LogP contribution in [0.15, 0.2) is 60.9 Å². The Morgan fingerprint density at radius 3 is 2.62 bits per heavy atom. The summed E-state index contributed by atoms with van der Waals surface area (Å²) < 4.78 is 26.8. The lowest BCUT2D eigenvalue weighted by Gasteiger charge is -2.11. The second-order valence-corrected chi connectivity index (χ2v) is 5.68. The predicted molar refractivity (Wildman–Crippen MR) is 97.7 cm³/mol. The minimum Gasteiger partial charge on any atom is -0.352 e. The van der Waals surface area contributed by atoms with Crippen molar-refractivity contribution in [3.63, 3.8) is 0 Å². The van der Waals surface area contributed by atoms with E-state index in [-0.39, 0.29) is 11.6 Å². The molecule has 1 aromatic heterocycles.